The summed E-state index contributed by atoms with van der Waals surface area (Å²) in [5.41, 5.74) is 5.25. The number of likely N-dealkylation sites (N-methyl/N-ethyl adjacent to an activating group) is 1. The molecule has 0 atom stereocenters. The van der Waals surface area contributed by atoms with Crippen molar-refractivity contribution in [2.75, 3.05) is 24.7 Å². The van der Waals surface area contributed by atoms with Crippen LogP contribution in [0.5, 0.6) is 0 Å². The highest BCUT2D eigenvalue weighted by molar-refractivity contribution is 5.95. The molecule has 3 N–H and O–H groups in total. The third-order valence-corrected chi connectivity index (χ3v) is 5.81. The number of hydrogen-bond donors (Lipinski definition) is 3. The Kier molecular flexibility index (Phi) is 13.0. The summed E-state index contributed by atoms with van der Waals surface area (Å²) >= 11 is 0. The summed E-state index contributed by atoms with van der Waals surface area (Å²) in [5.74, 6) is -0.606. The van der Waals surface area contributed by atoms with Gasteiger partial charge < -0.3 is 20.6 Å². The number of benzene rings is 3. The molecule has 8 heteroatoms. The highest BCUT2D eigenvalue weighted by Crippen LogP contribution is 2.18. The minimum Gasteiger partial charge on any atom is -0.478 e. The van der Waals surface area contributed by atoms with Gasteiger partial charge in [0.2, 0.25) is 0 Å². The van der Waals surface area contributed by atoms with Crippen molar-refractivity contribution >= 4 is 36.2 Å². The number of allylic oxidation sites excluding steroid dienone is 3. The Morgan fingerprint density at radius 2 is 1.49 bits per heavy atom. The number of aromatic carboxylic acids is 1. The van der Waals surface area contributed by atoms with Crippen LogP contribution in [0.3, 0.4) is 0 Å². The molecule has 0 unspecified atom stereocenters. The van der Waals surface area contributed by atoms with E-state index < -0.39 is 5.97 Å². The van der Waals surface area contributed by atoms with E-state index in [0.717, 1.165) is 29.1 Å². The van der Waals surface area contributed by atoms with Crippen molar-refractivity contribution in [1.29, 1.82) is 0 Å². The van der Waals surface area contributed by atoms with Crippen molar-refractivity contribution in [3.63, 3.8) is 0 Å². The first-order valence-electron chi connectivity index (χ1n) is 12.9. The zero-order chi connectivity index (χ0) is 30.2. The molecule has 0 radical (unpaired) electrons. The molecule has 41 heavy (non-hydrogen) atoms. The van der Waals surface area contributed by atoms with E-state index in [-0.39, 0.29) is 16.7 Å². The summed E-state index contributed by atoms with van der Waals surface area (Å²) in [6.07, 6.45) is 9.04. The zero-order valence-electron chi connectivity index (χ0n) is 23.6. The number of rotatable bonds is 12. The Bertz CT molecular complexity index is 1410. The fourth-order valence-electron chi connectivity index (χ4n) is 3.44. The number of carboxylic acids is 1. The van der Waals surface area contributed by atoms with Gasteiger partial charge in [0.05, 0.1) is 11.3 Å². The fourth-order valence-corrected chi connectivity index (χ4v) is 3.44. The van der Waals surface area contributed by atoms with Gasteiger partial charge in [0, 0.05) is 54.6 Å². The maximum Gasteiger partial charge on any atom is 0.335 e. The molecule has 0 saturated heterocycles. The second-order valence-electron chi connectivity index (χ2n) is 9.35. The second-order valence-corrected chi connectivity index (χ2v) is 9.35. The molecular formula is C33H35N3O5. The zero-order valence-corrected chi connectivity index (χ0v) is 23.6. The quantitative estimate of drug-likeness (QED) is 0.134. The maximum atomic E-state index is 11.0. The van der Waals surface area contributed by atoms with Crippen molar-refractivity contribution in [3.8, 4) is 0 Å². The number of nitrogens with zero attached hydrogens (tertiary/aromatic N) is 1. The van der Waals surface area contributed by atoms with Crippen LogP contribution < -0.4 is 10.6 Å². The van der Waals surface area contributed by atoms with Gasteiger partial charge in [-0.2, -0.15) is 0 Å². The number of para-hydroxylation sites is 1. The van der Waals surface area contributed by atoms with Gasteiger partial charge in [-0.1, -0.05) is 50.2 Å². The Morgan fingerprint density at radius 3 is 2.02 bits per heavy atom. The summed E-state index contributed by atoms with van der Waals surface area (Å²) in [6, 6.07) is 22.0. The number of carboxylic acid groups (broad SMARTS) is 1. The van der Waals surface area contributed by atoms with Gasteiger partial charge in [-0.25, -0.2) is 4.79 Å². The SMILES string of the molecule is CC(C)c1ccc(N\C=C(/C=C\C(=C\C=O)Nc2ccccc2)N(C)C)cc1.O=Cc1ccc(C(=O)O)cc1C=O. The van der Waals surface area contributed by atoms with Crippen LogP contribution in [0.4, 0.5) is 11.4 Å². The van der Waals surface area contributed by atoms with E-state index in [0.29, 0.717) is 18.5 Å². The van der Waals surface area contributed by atoms with Crippen LogP contribution in [0.25, 0.3) is 0 Å². The first kappa shape index (κ1) is 32.0. The number of aldehydes is 3. The molecule has 0 saturated carbocycles. The minimum absolute atomic E-state index is 0.00676. The lowest BCUT2D eigenvalue weighted by Gasteiger charge is -2.15. The van der Waals surface area contributed by atoms with Crippen LogP contribution >= 0.6 is 0 Å². The molecule has 0 heterocycles. The predicted octanol–water partition coefficient (Wildman–Crippen LogP) is 6.39. The molecule has 0 bridgehead atoms. The Balaban J connectivity index is 0.000000377. The summed E-state index contributed by atoms with van der Waals surface area (Å²) in [7, 11) is 3.96. The lowest BCUT2D eigenvalue weighted by Crippen LogP contribution is -2.11. The number of hydrogen-bond acceptors (Lipinski definition) is 7. The minimum atomic E-state index is -1.12. The first-order valence-corrected chi connectivity index (χ1v) is 12.9. The Hall–Kier alpha value is -5.24. The van der Waals surface area contributed by atoms with E-state index >= 15 is 0 Å². The highest BCUT2D eigenvalue weighted by atomic mass is 16.4. The molecule has 0 spiro atoms. The Morgan fingerprint density at radius 1 is 0.829 bits per heavy atom. The van der Waals surface area contributed by atoms with Crippen molar-refractivity contribution in [2.45, 2.75) is 19.8 Å². The van der Waals surface area contributed by atoms with Crippen LogP contribution in [-0.4, -0.2) is 48.9 Å². The van der Waals surface area contributed by atoms with Crippen molar-refractivity contribution in [3.05, 3.63) is 131 Å². The molecule has 3 aromatic carbocycles. The molecule has 0 fully saturated rings. The van der Waals surface area contributed by atoms with Gasteiger partial charge in [-0.3, -0.25) is 14.4 Å². The smallest absolute Gasteiger partial charge is 0.335 e. The summed E-state index contributed by atoms with van der Waals surface area (Å²) in [6.45, 7) is 4.37. The fraction of sp³-hybridized carbons (Fsp3) is 0.152. The molecule has 3 rings (SSSR count). The van der Waals surface area contributed by atoms with E-state index in [1.165, 1.54) is 29.8 Å². The molecule has 0 aliphatic rings. The number of carbonyl (C=O) groups excluding carboxylic acids is 3. The number of anilines is 2. The Labute approximate surface area is 240 Å². The average Bonchev–Trinajstić information content (AvgIpc) is 2.97. The van der Waals surface area contributed by atoms with Crippen LogP contribution in [0.1, 0.15) is 56.4 Å². The largest absolute Gasteiger partial charge is 0.478 e. The predicted molar refractivity (Wildman–Crippen MR) is 163 cm³/mol. The second kappa shape index (κ2) is 16.7. The summed E-state index contributed by atoms with van der Waals surface area (Å²) in [4.78, 5) is 44.2. The third kappa shape index (κ3) is 10.8. The molecule has 8 nitrogen and oxygen atoms in total. The van der Waals surface area contributed by atoms with Crippen molar-refractivity contribution in [1.82, 2.24) is 4.90 Å². The van der Waals surface area contributed by atoms with E-state index in [2.05, 4.69) is 48.7 Å². The van der Waals surface area contributed by atoms with E-state index in [4.69, 9.17) is 5.11 Å². The van der Waals surface area contributed by atoms with Crippen molar-refractivity contribution < 1.29 is 24.3 Å². The molecule has 3 aromatic rings. The third-order valence-electron chi connectivity index (χ3n) is 5.81. The molecule has 0 aromatic heterocycles. The van der Waals surface area contributed by atoms with Crippen molar-refractivity contribution in [2.24, 2.45) is 0 Å². The monoisotopic (exact) mass is 553 g/mol. The normalized spacial score (nSPS) is 11.3. The molecular weight excluding hydrogens is 518 g/mol. The van der Waals surface area contributed by atoms with Crippen LogP contribution in [0, 0.1) is 0 Å². The van der Waals surface area contributed by atoms with Gasteiger partial charge in [0.25, 0.3) is 0 Å². The first-order chi connectivity index (χ1) is 19.7. The lowest BCUT2D eigenvalue weighted by atomic mass is 10.0. The standard InChI is InChI=1S/C24H29N3O.C9H6O4/c1-19(2)20-10-12-21(13-11-20)25-18-24(27(3)4)15-14-23(16-17-28)26-22-8-6-5-7-9-22;10-4-7-2-1-6(9(12)13)3-8(7)5-11/h5-19,25-26H,1-4H3;1-5H,(H,12,13)/b15-14-,23-16-,24-18+;. The van der Waals surface area contributed by atoms with Gasteiger partial charge >= 0.3 is 5.97 Å². The number of nitrogens with one attached hydrogen (secondary N) is 2. The summed E-state index contributed by atoms with van der Waals surface area (Å²) in [5, 5.41) is 15.1. The van der Waals surface area contributed by atoms with Crippen LogP contribution in [0.2, 0.25) is 0 Å². The average molecular weight is 554 g/mol. The molecule has 0 aliphatic heterocycles. The van der Waals surface area contributed by atoms with Gasteiger partial charge in [-0.15, -0.1) is 0 Å². The number of carbonyl (C=O) groups is 4. The van der Waals surface area contributed by atoms with E-state index in [1.807, 2.05) is 67.7 Å². The highest BCUT2D eigenvalue weighted by Gasteiger charge is 2.06. The maximum absolute atomic E-state index is 11.0. The van der Waals surface area contributed by atoms with Gasteiger partial charge in [0.1, 0.15) is 6.29 Å². The van der Waals surface area contributed by atoms with Crippen LogP contribution in [-0.2, 0) is 4.79 Å². The molecule has 0 aliphatic carbocycles. The van der Waals surface area contributed by atoms with Crippen LogP contribution in [0.15, 0.2) is 109 Å². The topological polar surface area (TPSA) is 116 Å². The molecule has 212 valence electrons. The molecule has 0 amide bonds. The van der Waals surface area contributed by atoms with E-state index in [1.54, 1.807) is 0 Å². The lowest BCUT2D eigenvalue weighted by molar-refractivity contribution is -0.104. The van der Waals surface area contributed by atoms with Gasteiger partial charge in [-0.05, 0) is 60.0 Å². The van der Waals surface area contributed by atoms with E-state index in [9.17, 15) is 19.2 Å². The summed E-state index contributed by atoms with van der Waals surface area (Å²) < 4.78 is 0. The van der Waals surface area contributed by atoms with Gasteiger partial charge in [0.15, 0.2) is 12.6 Å².